The number of likely N-dealkylation sites (tertiary alicyclic amines) is 1. The number of halogens is 2. The van der Waals surface area contributed by atoms with Crippen LogP contribution in [0.1, 0.15) is 16.6 Å². The van der Waals surface area contributed by atoms with Crippen LogP contribution in [-0.2, 0) is 4.79 Å². The van der Waals surface area contributed by atoms with Gasteiger partial charge in [0.2, 0.25) is 0 Å². The van der Waals surface area contributed by atoms with Gasteiger partial charge in [-0.2, -0.15) is 0 Å². The van der Waals surface area contributed by atoms with Gasteiger partial charge < -0.3 is 20.1 Å². The van der Waals surface area contributed by atoms with Crippen LogP contribution >= 0.6 is 23.5 Å². The summed E-state index contributed by atoms with van der Waals surface area (Å²) in [5, 5.41) is 13.5. The maximum absolute atomic E-state index is 13.5. The van der Waals surface area contributed by atoms with Gasteiger partial charge in [0.15, 0.2) is 0 Å². The van der Waals surface area contributed by atoms with E-state index in [0.717, 1.165) is 17.1 Å². The quantitative estimate of drug-likeness (QED) is 0.656. The van der Waals surface area contributed by atoms with Crippen LogP contribution in [0.3, 0.4) is 0 Å². The number of nitrogens with one attached hydrogen (secondary N) is 1. The zero-order chi connectivity index (χ0) is 17.3. The van der Waals surface area contributed by atoms with E-state index in [-0.39, 0.29) is 56.0 Å². The first-order chi connectivity index (χ1) is 11.4. The molecule has 1 aromatic rings. The van der Waals surface area contributed by atoms with Gasteiger partial charge in [-0.3, -0.25) is 0 Å². The van der Waals surface area contributed by atoms with Crippen molar-refractivity contribution < 1.29 is 74.9 Å². The maximum atomic E-state index is 13.5. The minimum Gasteiger partial charge on any atom is -0.548 e. The monoisotopic (exact) mass is 412 g/mol. The molecule has 1 aromatic carbocycles. The molecule has 0 bridgehead atoms. The first-order valence-electron chi connectivity index (χ1n) is 7.35. The van der Waals surface area contributed by atoms with Gasteiger partial charge in [0, 0.05) is 23.6 Å². The number of carboxylic acids is 1. The normalized spacial score (nSPS) is 22.5. The van der Waals surface area contributed by atoms with E-state index in [2.05, 4.69) is 5.32 Å². The van der Waals surface area contributed by atoms with E-state index in [1.54, 1.807) is 18.2 Å². The second kappa shape index (κ2) is 8.90. The van der Waals surface area contributed by atoms with Gasteiger partial charge in [0.05, 0.1) is 23.1 Å². The molecule has 5 nitrogen and oxygen atoms in total. The van der Waals surface area contributed by atoms with E-state index in [4.69, 9.17) is 0 Å². The molecule has 0 spiro atoms. The zero-order valence-electron chi connectivity index (χ0n) is 13.5. The van der Waals surface area contributed by atoms with E-state index in [1.165, 1.54) is 0 Å². The Morgan fingerprint density at radius 1 is 1.28 bits per heavy atom. The molecule has 25 heavy (non-hydrogen) atoms. The summed E-state index contributed by atoms with van der Waals surface area (Å²) in [6, 6.07) is 4.68. The topological polar surface area (TPSA) is 72.5 Å². The van der Waals surface area contributed by atoms with Crippen LogP contribution in [0, 0.1) is 0 Å². The summed E-state index contributed by atoms with van der Waals surface area (Å²) in [6.07, 6.45) is -0.919. The summed E-state index contributed by atoms with van der Waals surface area (Å²) in [6.45, 7) is -0.925. The van der Waals surface area contributed by atoms with Crippen molar-refractivity contribution in [1.82, 2.24) is 4.90 Å². The van der Waals surface area contributed by atoms with E-state index in [0.29, 0.717) is 10.6 Å². The van der Waals surface area contributed by atoms with Crippen molar-refractivity contribution in [2.45, 2.75) is 23.0 Å². The van der Waals surface area contributed by atoms with Crippen molar-refractivity contribution >= 4 is 41.2 Å². The molecule has 2 aliphatic heterocycles. The van der Waals surface area contributed by atoms with Crippen molar-refractivity contribution in [2.24, 2.45) is 0 Å². The van der Waals surface area contributed by atoms with Crippen LogP contribution in [0.25, 0.3) is 0 Å². The molecule has 1 N–H and O–H groups in total. The number of carbonyl (C=O) groups is 2. The van der Waals surface area contributed by atoms with Crippen LogP contribution in [-0.4, -0.2) is 46.9 Å². The van der Waals surface area contributed by atoms with Crippen molar-refractivity contribution in [3.63, 3.8) is 0 Å². The average Bonchev–Trinajstić information content (AvgIpc) is 3.15. The number of hydrogen-bond acceptors (Lipinski definition) is 5. The third-order valence-corrected chi connectivity index (χ3v) is 6.94. The summed E-state index contributed by atoms with van der Waals surface area (Å²) in [5.41, 5.74) is 1.49. The van der Waals surface area contributed by atoms with Crippen molar-refractivity contribution in [3.8, 4) is 0 Å². The average molecular weight is 413 g/mol. The Kier molecular flexibility index (Phi) is 7.64. The molecule has 0 aliphatic carbocycles. The second-order valence-electron chi connectivity index (χ2n) is 5.65. The van der Waals surface area contributed by atoms with Gasteiger partial charge >= 0.3 is 57.4 Å². The summed E-state index contributed by atoms with van der Waals surface area (Å²) >= 11 is 3.61. The number of benzene rings is 1. The number of hydrogen-bond donors (Lipinski definition) is 1. The Hall–Kier alpha value is 0.156. The number of alkyl halides is 2. The first-order valence-corrected chi connectivity index (χ1v) is 9.45. The maximum Gasteiger partial charge on any atom is 1.00 e. The standard InChI is InChI=1S/C15H16F2N2O3S2.K/c16-15(17)7-11(12(20)21)19(8-15)14(22)18-10-3-1-2-9(6-10)13-23-4-5-24-13;/h1-3,6,11,13H,4-5,7-8H2,(H,18,22)(H,20,21);/q;+1/p-1/t11-;/m0./s1. The summed E-state index contributed by atoms with van der Waals surface area (Å²) in [7, 11) is 0. The fraction of sp³-hybridized carbons (Fsp3) is 0.467. The van der Waals surface area contributed by atoms with Gasteiger partial charge in [-0.25, -0.2) is 13.6 Å². The predicted molar refractivity (Wildman–Crippen MR) is 88.2 cm³/mol. The molecular weight excluding hydrogens is 397 g/mol. The molecule has 0 unspecified atom stereocenters. The largest absolute Gasteiger partial charge is 1.00 e. The van der Waals surface area contributed by atoms with Gasteiger partial charge in [0.25, 0.3) is 5.92 Å². The fourth-order valence-corrected chi connectivity index (χ4v) is 5.59. The Balaban J connectivity index is 0.00000225. The Morgan fingerprint density at radius 2 is 1.96 bits per heavy atom. The molecule has 0 saturated carbocycles. The minimum absolute atomic E-state index is 0. The van der Waals surface area contributed by atoms with Gasteiger partial charge in [-0.1, -0.05) is 12.1 Å². The third kappa shape index (κ3) is 5.33. The smallest absolute Gasteiger partial charge is 0.548 e. The van der Waals surface area contributed by atoms with E-state index in [1.807, 2.05) is 29.6 Å². The van der Waals surface area contributed by atoms with Gasteiger partial charge in [-0.05, 0) is 17.7 Å². The van der Waals surface area contributed by atoms with Crippen LogP contribution in [0.2, 0.25) is 0 Å². The molecule has 2 aliphatic rings. The van der Waals surface area contributed by atoms with Crippen LogP contribution < -0.4 is 61.8 Å². The minimum atomic E-state index is -3.22. The molecule has 130 valence electrons. The number of carboxylic acid groups (broad SMARTS) is 1. The van der Waals surface area contributed by atoms with Crippen LogP contribution in [0.4, 0.5) is 19.3 Å². The molecule has 2 amide bonds. The molecule has 2 saturated heterocycles. The fourth-order valence-electron chi connectivity index (χ4n) is 2.75. The number of nitrogens with zero attached hydrogens (tertiary/aromatic N) is 1. The number of urea groups is 1. The van der Waals surface area contributed by atoms with Crippen molar-refractivity contribution in [1.29, 1.82) is 0 Å². The summed E-state index contributed by atoms with van der Waals surface area (Å²) in [5.74, 6) is -2.78. The number of carbonyl (C=O) groups excluding carboxylic acids is 2. The summed E-state index contributed by atoms with van der Waals surface area (Å²) in [4.78, 5) is 23.9. The molecule has 2 fully saturated rings. The number of aliphatic carboxylic acids is 1. The molecule has 0 radical (unpaired) electrons. The molecule has 3 rings (SSSR count). The van der Waals surface area contributed by atoms with Crippen molar-refractivity contribution in [2.75, 3.05) is 23.4 Å². The van der Waals surface area contributed by atoms with Crippen molar-refractivity contribution in [3.05, 3.63) is 29.8 Å². The SMILES string of the molecule is O=C([O-])[C@@H]1CC(F)(F)CN1C(=O)Nc1cccc(C2SCCS2)c1.[K+]. The zero-order valence-corrected chi connectivity index (χ0v) is 18.3. The number of anilines is 1. The Labute approximate surface area is 195 Å². The van der Waals surface area contributed by atoms with Gasteiger partial charge in [-0.15, -0.1) is 23.5 Å². The van der Waals surface area contributed by atoms with Crippen LogP contribution in [0.5, 0.6) is 0 Å². The van der Waals surface area contributed by atoms with E-state index in [9.17, 15) is 23.5 Å². The van der Waals surface area contributed by atoms with Gasteiger partial charge in [0.1, 0.15) is 0 Å². The van der Waals surface area contributed by atoms with Crippen LogP contribution in [0.15, 0.2) is 24.3 Å². The molecule has 0 aromatic heterocycles. The molecule has 2 heterocycles. The number of amides is 2. The number of rotatable bonds is 3. The predicted octanol–water partition coefficient (Wildman–Crippen LogP) is -0.839. The second-order valence-corrected chi connectivity index (χ2v) is 8.38. The summed E-state index contributed by atoms with van der Waals surface area (Å²) < 4.78 is 27.2. The Morgan fingerprint density at radius 3 is 2.60 bits per heavy atom. The number of thioether (sulfide) groups is 2. The van der Waals surface area contributed by atoms with E-state index < -0.39 is 36.9 Å². The van der Waals surface area contributed by atoms with E-state index >= 15 is 0 Å². The molecule has 10 heteroatoms. The first kappa shape index (κ1) is 21.5. The third-order valence-electron chi connectivity index (χ3n) is 3.83. The Bertz CT molecular complexity index is 659. The molecular formula is C15H15F2KN2O3S2. The molecule has 1 atom stereocenters.